The fraction of sp³-hybridized carbons (Fsp3) is 0.452. The monoisotopic (exact) mass is 688 g/mol. The summed E-state index contributed by atoms with van der Waals surface area (Å²) in [4.78, 5) is 34.1. The fourth-order valence-corrected chi connectivity index (χ4v) is 7.38. The van der Waals surface area contributed by atoms with Gasteiger partial charge in [-0.2, -0.15) is 0 Å². The van der Waals surface area contributed by atoms with Crippen molar-refractivity contribution >= 4 is 17.1 Å². The molecule has 4 atom stereocenters. The second kappa shape index (κ2) is 13.6. The Morgan fingerprint density at radius 3 is 1.98 bits per heavy atom. The van der Waals surface area contributed by atoms with Crippen LogP contribution >= 0.6 is 0 Å². The van der Waals surface area contributed by atoms with Gasteiger partial charge < -0.3 is 19.4 Å². The third-order valence-corrected chi connectivity index (χ3v) is 9.89. The summed E-state index contributed by atoms with van der Waals surface area (Å²) in [7, 11) is 0. The number of H-pyrrole nitrogens is 2. The van der Waals surface area contributed by atoms with E-state index in [1.807, 2.05) is 31.9 Å². The number of imidazole rings is 2. The molecule has 4 heterocycles. The first-order chi connectivity index (χ1) is 24.2. The number of amides is 1. The summed E-state index contributed by atoms with van der Waals surface area (Å²) in [6.07, 6.45) is 3.59. The van der Waals surface area contributed by atoms with Crippen LogP contribution in [0.15, 0.2) is 72.9 Å². The molecule has 9 heteroatoms. The number of ether oxygens (including phenoxy) is 2. The van der Waals surface area contributed by atoms with Crippen molar-refractivity contribution in [2.45, 2.75) is 91.5 Å². The molecular weight excluding hydrogens is 637 g/mol. The van der Waals surface area contributed by atoms with Crippen LogP contribution in [0.5, 0.6) is 0 Å². The molecule has 2 aliphatic heterocycles. The Labute approximate surface area is 301 Å². The number of nitrogens with one attached hydrogen (secondary N) is 2. The van der Waals surface area contributed by atoms with E-state index >= 15 is 0 Å². The summed E-state index contributed by atoms with van der Waals surface area (Å²) < 4.78 is 11.8. The molecule has 268 valence electrons. The summed E-state index contributed by atoms with van der Waals surface area (Å²) in [6, 6.07) is 23.8. The Kier molecular flexibility index (Phi) is 9.31. The van der Waals surface area contributed by atoms with Gasteiger partial charge in [0, 0.05) is 13.1 Å². The molecule has 0 aliphatic carbocycles. The molecule has 0 bridgehead atoms. The standard InChI is InChI=1S/C42H52N6O3/c1-26-19-36(47(23-26)25-50-41(3,4)5)38-43-22-35(46-38)31-15-13-29(14-16-31)28-9-11-30(12-10-28)32-17-18-33-34(21-32)45-39(44-33)37-20-27(2)24-48(37)40(49)51-42(6,7)8/h9-18,21-22,26-27,36-37H,19-20,23-25H2,1-8H3,(H,43,46)(H,44,45). The van der Waals surface area contributed by atoms with E-state index in [0.717, 1.165) is 75.6 Å². The SMILES string of the molecule is CC1CC(c2ncc(-c3ccc(-c4ccc(-c5ccc6nc(C7CC(C)CN7C(=O)OC(C)(C)C)[nH]c6c5)cc4)cc3)[nH]2)N(COC(C)(C)C)C1. The van der Waals surface area contributed by atoms with E-state index in [-0.39, 0.29) is 23.8 Å². The number of benzene rings is 3. The summed E-state index contributed by atoms with van der Waals surface area (Å²) in [6.45, 7) is 18.7. The number of hydrogen-bond donors (Lipinski definition) is 2. The molecule has 2 N–H and O–H groups in total. The van der Waals surface area contributed by atoms with Gasteiger partial charge in [0.05, 0.1) is 40.6 Å². The second-order valence-electron chi connectivity index (χ2n) is 16.7. The highest BCUT2D eigenvalue weighted by atomic mass is 16.6. The lowest BCUT2D eigenvalue weighted by Gasteiger charge is -2.27. The number of aromatic nitrogens is 4. The van der Waals surface area contributed by atoms with Gasteiger partial charge in [0.2, 0.25) is 0 Å². The van der Waals surface area contributed by atoms with Crippen molar-refractivity contribution in [2.75, 3.05) is 19.8 Å². The molecule has 2 aliphatic rings. The minimum absolute atomic E-state index is 0.133. The molecule has 2 fully saturated rings. The van der Waals surface area contributed by atoms with Crippen LogP contribution in [-0.2, 0) is 9.47 Å². The van der Waals surface area contributed by atoms with Crippen LogP contribution in [0, 0.1) is 11.8 Å². The number of carbonyl (C=O) groups excluding carboxylic acids is 1. The maximum atomic E-state index is 13.0. The fourth-order valence-electron chi connectivity index (χ4n) is 7.38. The van der Waals surface area contributed by atoms with Crippen molar-refractivity contribution in [3.8, 4) is 33.5 Å². The summed E-state index contributed by atoms with van der Waals surface area (Å²) >= 11 is 0. The average Bonchev–Trinajstić information content (AvgIpc) is 3.88. The third kappa shape index (κ3) is 7.90. The van der Waals surface area contributed by atoms with Gasteiger partial charge in [0.1, 0.15) is 24.0 Å². The smallest absolute Gasteiger partial charge is 0.410 e. The topological polar surface area (TPSA) is 99.4 Å². The zero-order valence-corrected chi connectivity index (χ0v) is 31.3. The first kappa shape index (κ1) is 35.0. The molecule has 2 aromatic heterocycles. The van der Waals surface area contributed by atoms with Gasteiger partial charge in [-0.3, -0.25) is 9.80 Å². The zero-order chi connectivity index (χ0) is 36.1. The van der Waals surface area contributed by atoms with Crippen molar-refractivity contribution in [1.82, 2.24) is 29.7 Å². The predicted octanol–water partition coefficient (Wildman–Crippen LogP) is 9.76. The number of carbonyl (C=O) groups is 1. The molecule has 51 heavy (non-hydrogen) atoms. The highest BCUT2D eigenvalue weighted by Crippen LogP contribution is 2.38. The highest BCUT2D eigenvalue weighted by Gasteiger charge is 2.38. The molecule has 5 aromatic rings. The Bertz CT molecular complexity index is 1980. The lowest BCUT2D eigenvalue weighted by atomic mass is 9.99. The number of rotatable bonds is 7. The van der Waals surface area contributed by atoms with Crippen LogP contribution in [0.4, 0.5) is 4.79 Å². The Morgan fingerprint density at radius 1 is 0.745 bits per heavy atom. The maximum Gasteiger partial charge on any atom is 0.410 e. The van der Waals surface area contributed by atoms with Crippen molar-refractivity contribution < 1.29 is 14.3 Å². The van der Waals surface area contributed by atoms with E-state index in [2.05, 4.69) is 116 Å². The van der Waals surface area contributed by atoms with Gasteiger partial charge in [-0.05, 0) is 106 Å². The zero-order valence-electron chi connectivity index (χ0n) is 31.3. The van der Waals surface area contributed by atoms with Crippen LogP contribution in [-0.4, -0.2) is 66.9 Å². The molecule has 7 rings (SSSR count). The Hall–Kier alpha value is -4.47. The normalized spacial score (nSPS) is 21.5. The lowest BCUT2D eigenvalue weighted by Crippen LogP contribution is -2.37. The quantitative estimate of drug-likeness (QED) is 0.177. The summed E-state index contributed by atoms with van der Waals surface area (Å²) in [5.74, 6) is 2.79. The molecule has 0 saturated carbocycles. The number of hydrogen-bond acceptors (Lipinski definition) is 6. The Morgan fingerprint density at radius 2 is 1.33 bits per heavy atom. The van der Waals surface area contributed by atoms with Gasteiger partial charge in [-0.25, -0.2) is 14.8 Å². The van der Waals surface area contributed by atoms with Crippen molar-refractivity contribution in [3.63, 3.8) is 0 Å². The van der Waals surface area contributed by atoms with Crippen molar-refractivity contribution in [1.29, 1.82) is 0 Å². The van der Waals surface area contributed by atoms with Gasteiger partial charge in [0.15, 0.2) is 0 Å². The molecule has 3 aromatic carbocycles. The Balaban J connectivity index is 1.03. The first-order valence-corrected chi connectivity index (χ1v) is 18.3. The second-order valence-corrected chi connectivity index (χ2v) is 16.7. The average molecular weight is 689 g/mol. The molecule has 4 unspecified atom stereocenters. The van der Waals surface area contributed by atoms with Crippen LogP contribution in [0.2, 0.25) is 0 Å². The predicted molar refractivity (Wildman–Crippen MR) is 203 cm³/mol. The van der Waals surface area contributed by atoms with Crippen LogP contribution in [0.1, 0.15) is 92.0 Å². The minimum atomic E-state index is -0.543. The molecular formula is C42H52N6O3. The lowest BCUT2D eigenvalue weighted by molar-refractivity contribution is -0.0689. The highest BCUT2D eigenvalue weighted by molar-refractivity contribution is 5.83. The van der Waals surface area contributed by atoms with E-state index in [0.29, 0.717) is 25.1 Å². The largest absolute Gasteiger partial charge is 0.444 e. The molecule has 0 radical (unpaired) electrons. The van der Waals surface area contributed by atoms with Gasteiger partial charge in [-0.15, -0.1) is 0 Å². The molecule has 1 amide bonds. The van der Waals surface area contributed by atoms with Gasteiger partial charge in [0.25, 0.3) is 0 Å². The molecule has 2 saturated heterocycles. The van der Waals surface area contributed by atoms with Crippen LogP contribution in [0.3, 0.4) is 0 Å². The molecule has 0 spiro atoms. The first-order valence-electron chi connectivity index (χ1n) is 18.3. The van der Waals surface area contributed by atoms with E-state index < -0.39 is 5.60 Å². The van der Waals surface area contributed by atoms with Crippen LogP contribution in [0.25, 0.3) is 44.5 Å². The van der Waals surface area contributed by atoms with E-state index in [1.165, 1.54) is 0 Å². The summed E-state index contributed by atoms with van der Waals surface area (Å²) in [5.41, 5.74) is 7.84. The van der Waals surface area contributed by atoms with E-state index in [1.54, 1.807) is 0 Å². The minimum Gasteiger partial charge on any atom is -0.444 e. The number of nitrogens with zero attached hydrogens (tertiary/aromatic N) is 4. The number of fused-ring (bicyclic) bond motifs is 1. The van der Waals surface area contributed by atoms with Crippen LogP contribution < -0.4 is 0 Å². The number of aromatic amines is 2. The number of likely N-dealkylation sites (tertiary alicyclic amines) is 2. The van der Waals surface area contributed by atoms with Gasteiger partial charge >= 0.3 is 6.09 Å². The van der Waals surface area contributed by atoms with E-state index in [9.17, 15) is 4.79 Å². The van der Waals surface area contributed by atoms with Crippen molar-refractivity contribution in [3.05, 3.63) is 84.6 Å². The van der Waals surface area contributed by atoms with E-state index in [4.69, 9.17) is 19.4 Å². The van der Waals surface area contributed by atoms with Gasteiger partial charge in [-0.1, -0.05) is 68.4 Å². The van der Waals surface area contributed by atoms with Crippen molar-refractivity contribution in [2.24, 2.45) is 11.8 Å². The molecule has 9 nitrogen and oxygen atoms in total. The third-order valence-electron chi connectivity index (χ3n) is 9.89. The summed E-state index contributed by atoms with van der Waals surface area (Å²) in [5, 5.41) is 0. The maximum absolute atomic E-state index is 13.0.